The van der Waals surface area contributed by atoms with Crippen LogP contribution in [0.5, 0.6) is 0 Å². The van der Waals surface area contributed by atoms with E-state index in [-0.39, 0.29) is 24.0 Å². The van der Waals surface area contributed by atoms with Gasteiger partial charge in [0.05, 0.1) is 18.3 Å². The van der Waals surface area contributed by atoms with Crippen LogP contribution in [0.1, 0.15) is 64.2 Å². The van der Waals surface area contributed by atoms with E-state index in [1.807, 2.05) is 36.0 Å². The van der Waals surface area contributed by atoms with Crippen LogP contribution in [0.4, 0.5) is 0 Å². The standard InChI is InChI=1S/C18H27N5O2/c1-13(22-10-6-7-11-22)17(24)19-14-8-4-5-9-15(14)23-12-16(20-21-23)18(2,3)25/h6-7,10-15,25H,4-5,8-9H2,1-3H3,(H,19,24)/t13-,14+,15-/m1/s1. The molecule has 0 saturated heterocycles. The van der Waals surface area contributed by atoms with Gasteiger partial charge in [0.25, 0.3) is 0 Å². The molecule has 3 rings (SSSR count). The molecule has 0 spiro atoms. The number of nitrogens with zero attached hydrogens (tertiary/aromatic N) is 4. The van der Waals surface area contributed by atoms with Crippen LogP contribution < -0.4 is 5.32 Å². The predicted molar refractivity (Wildman–Crippen MR) is 93.8 cm³/mol. The largest absolute Gasteiger partial charge is 0.384 e. The maximum absolute atomic E-state index is 12.6. The van der Waals surface area contributed by atoms with Crippen molar-refractivity contribution in [2.24, 2.45) is 0 Å². The number of hydrogen-bond donors (Lipinski definition) is 2. The van der Waals surface area contributed by atoms with Crippen LogP contribution in [-0.4, -0.2) is 36.6 Å². The molecule has 1 fully saturated rings. The molecule has 0 unspecified atom stereocenters. The number of hydrogen-bond acceptors (Lipinski definition) is 4. The molecule has 1 aliphatic rings. The van der Waals surface area contributed by atoms with Crippen molar-refractivity contribution in [1.29, 1.82) is 0 Å². The summed E-state index contributed by atoms with van der Waals surface area (Å²) in [5.74, 6) is 0.0101. The van der Waals surface area contributed by atoms with Crippen LogP contribution in [0.15, 0.2) is 30.7 Å². The summed E-state index contributed by atoms with van der Waals surface area (Å²) in [7, 11) is 0. The highest BCUT2D eigenvalue weighted by atomic mass is 16.3. The number of amides is 1. The van der Waals surface area contributed by atoms with Crippen LogP contribution in [0, 0.1) is 0 Å². The first-order valence-electron chi connectivity index (χ1n) is 8.94. The molecule has 0 radical (unpaired) electrons. The van der Waals surface area contributed by atoms with Crippen LogP contribution in [0.25, 0.3) is 0 Å². The number of rotatable bonds is 5. The number of nitrogens with one attached hydrogen (secondary N) is 1. The smallest absolute Gasteiger partial charge is 0.243 e. The Bertz CT molecular complexity index is 701. The summed E-state index contributed by atoms with van der Waals surface area (Å²) in [6.07, 6.45) is 9.65. The third kappa shape index (κ3) is 3.92. The molecule has 7 nitrogen and oxygen atoms in total. The van der Waals surface area contributed by atoms with E-state index in [2.05, 4.69) is 15.6 Å². The minimum absolute atomic E-state index is 0.0101. The lowest BCUT2D eigenvalue weighted by Gasteiger charge is -2.33. The van der Waals surface area contributed by atoms with Crippen molar-refractivity contribution in [2.75, 3.05) is 0 Å². The molecular weight excluding hydrogens is 318 g/mol. The monoisotopic (exact) mass is 345 g/mol. The van der Waals surface area contributed by atoms with Gasteiger partial charge < -0.3 is 15.0 Å². The Kier molecular flexibility index (Phi) is 4.94. The Morgan fingerprint density at radius 2 is 2.00 bits per heavy atom. The molecule has 0 bridgehead atoms. The van der Waals surface area contributed by atoms with Crippen molar-refractivity contribution in [2.45, 2.75) is 70.2 Å². The van der Waals surface area contributed by atoms with Crippen molar-refractivity contribution >= 4 is 5.91 Å². The Morgan fingerprint density at radius 3 is 2.64 bits per heavy atom. The average molecular weight is 345 g/mol. The molecule has 1 aliphatic carbocycles. The van der Waals surface area contributed by atoms with Gasteiger partial charge >= 0.3 is 0 Å². The van der Waals surface area contributed by atoms with E-state index in [1.54, 1.807) is 24.7 Å². The first-order chi connectivity index (χ1) is 11.9. The molecule has 0 aromatic carbocycles. The van der Waals surface area contributed by atoms with Crippen molar-refractivity contribution < 1.29 is 9.90 Å². The van der Waals surface area contributed by atoms with Crippen molar-refractivity contribution in [3.8, 4) is 0 Å². The zero-order chi connectivity index (χ0) is 18.0. The third-order valence-electron chi connectivity index (χ3n) is 4.99. The van der Waals surface area contributed by atoms with E-state index in [4.69, 9.17) is 0 Å². The quantitative estimate of drug-likeness (QED) is 0.870. The summed E-state index contributed by atoms with van der Waals surface area (Å²) >= 11 is 0. The molecule has 2 aromatic heterocycles. The highest BCUT2D eigenvalue weighted by molar-refractivity contribution is 5.80. The second-order valence-corrected chi connectivity index (χ2v) is 7.42. The summed E-state index contributed by atoms with van der Waals surface area (Å²) in [5, 5.41) is 21.6. The Labute approximate surface area is 148 Å². The summed E-state index contributed by atoms with van der Waals surface area (Å²) in [6.45, 7) is 5.29. The molecule has 3 atom stereocenters. The van der Waals surface area contributed by atoms with E-state index < -0.39 is 5.60 Å². The number of carbonyl (C=O) groups excluding carboxylic acids is 1. The van der Waals surface area contributed by atoms with E-state index in [0.717, 1.165) is 25.7 Å². The average Bonchev–Trinajstić information content (AvgIpc) is 3.26. The van der Waals surface area contributed by atoms with Gasteiger partial charge in [0.15, 0.2) is 0 Å². The number of carbonyl (C=O) groups is 1. The zero-order valence-corrected chi connectivity index (χ0v) is 15.1. The topological polar surface area (TPSA) is 85.0 Å². The Morgan fingerprint density at radius 1 is 1.32 bits per heavy atom. The minimum Gasteiger partial charge on any atom is -0.384 e. The Balaban J connectivity index is 1.73. The summed E-state index contributed by atoms with van der Waals surface area (Å²) < 4.78 is 3.70. The van der Waals surface area contributed by atoms with Gasteiger partial charge in [-0.3, -0.25) is 4.79 Å². The predicted octanol–water partition coefficient (Wildman–Crippen LogP) is 2.17. The number of aromatic nitrogens is 4. The lowest BCUT2D eigenvalue weighted by atomic mass is 9.90. The number of aliphatic hydroxyl groups is 1. The lowest BCUT2D eigenvalue weighted by molar-refractivity contribution is -0.125. The molecule has 2 aromatic rings. The SMILES string of the molecule is C[C@H](C(=O)N[C@H]1CCCC[C@H]1n1cc(C(C)(C)O)nn1)n1cccc1. The molecular formula is C18H27N5O2. The molecule has 136 valence electrons. The van der Waals surface area contributed by atoms with E-state index in [9.17, 15) is 9.90 Å². The Hall–Kier alpha value is -2.15. The second kappa shape index (κ2) is 7.00. The van der Waals surface area contributed by atoms with Gasteiger partial charge in [-0.05, 0) is 45.7 Å². The van der Waals surface area contributed by atoms with E-state index >= 15 is 0 Å². The second-order valence-electron chi connectivity index (χ2n) is 7.42. The fourth-order valence-electron chi connectivity index (χ4n) is 3.36. The fourth-order valence-corrected chi connectivity index (χ4v) is 3.36. The summed E-state index contributed by atoms with van der Waals surface area (Å²) in [6, 6.07) is 3.68. The van der Waals surface area contributed by atoms with Gasteiger partial charge in [0, 0.05) is 12.4 Å². The summed E-state index contributed by atoms with van der Waals surface area (Å²) in [4.78, 5) is 12.6. The van der Waals surface area contributed by atoms with Crippen LogP contribution in [-0.2, 0) is 10.4 Å². The first-order valence-corrected chi connectivity index (χ1v) is 8.94. The lowest BCUT2D eigenvalue weighted by Crippen LogP contribution is -2.45. The van der Waals surface area contributed by atoms with Gasteiger partial charge in [-0.15, -0.1) is 5.10 Å². The zero-order valence-electron chi connectivity index (χ0n) is 15.1. The molecule has 2 heterocycles. The van der Waals surface area contributed by atoms with Gasteiger partial charge in [0.1, 0.15) is 17.3 Å². The molecule has 1 saturated carbocycles. The molecule has 25 heavy (non-hydrogen) atoms. The van der Waals surface area contributed by atoms with Crippen LogP contribution in [0.3, 0.4) is 0 Å². The summed E-state index contributed by atoms with van der Waals surface area (Å²) in [5.41, 5.74) is -0.474. The van der Waals surface area contributed by atoms with Gasteiger partial charge in [-0.25, -0.2) is 4.68 Å². The van der Waals surface area contributed by atoms with Gasteiger partial charge in [-0.1, -0.05) is 18.1 Å². The van der Waals surface area contributed by atoms with Crippen molar-refractivity contribution in [3.63, 3.8) is 0 Å². The van der Waals surface area contributed by atoms with Gasteiger partial charge in [0.2, 0.25) is 5.91 Å². The van der Waals surface area contributed by atoms with E-state index in [0.29, 0.717) is 5.69 Å². The molecule has 1 amide bonds. The van der Waals surface area contributed by atoms with Gasteiger partial charge in [-0.2, -0.15) is 0 Å². The normalized spacial score (nSPS) is 22.6. The first kappa shape index (κ1) is 17.7. The fraction of sp³-hybridized carbons (Fsp3) is 0.611. The maximum Gasteiger partial charge on any atom is 0.243 e. The van der Waals surface area contributed by atoms with Crippen molar-refractivity contribution in [1.82, 2.24) is 24.9 Å². The highest BCUT2D eigenvalue weighted by Crippen LogP contribution is 2.29. The molecule has 7 heteroatoms. The van der Waals surface area contributed by atoms with Crippen molar-refractivity contribution in [3.05, 3.63) is 36.4 Å². The van der Waals surface area contributed by atoms with Crippen LogP contribution >= 0.6 is 0 Å². The molecule has 0 aliphatic heterocycles. The highest BCUT2D eigenvalue weighted by Gasteiger charge is 2.31. The third-order valence-corrected chi connectivity index (χ3v) is 4.99. The minimum atomic E-state index is -1.02. The van der Waals surface area contributed by atoms with Crippen LogP contribution in [0.2, 0.25) is 0 Å². The van der Waals surface area contributed by atoms with E-state index in [1.165, 1.54) is 0 Å². The molecule has 2 N–H and O–H groups in total. The maximum atomic E-state index is 12.6.